The summed E-state index contributed by atoms with van der Waals surface area (Å²) in [6, 6.07) is 7.67. The topological polar surface area (TPSA) is 64.3 Å². The first kappa shape index (κ1) is 14.1. The van der Waals surface area contributed by atoms with E-state index in [0.29, 0.717) is 11.4 Å². The van der Waals surface area contributed by atoms with Crippen LogP contribution in [0.1, 0.15) is 35.0 Å². The highest BCUT2D eigenvalue weighted by atomic mass is 16.5. The Bertz CT molecular complexity index is 615. The molecular weight excluding hydrogens is 256 g/mol. The van der Waals surface area contributed by atoms with Gasteiger partial charge in [0.05, 0.1) is 5.69 Å². The number of carboxylic acid groups (broad SMARTS) is 1. The van der Waals surface area contributed by atoms with Gasteiger partial charge in [-0.25, -0.2) is 9.48 Å². The average Bonchev–Trinajstić information content (AvgIpc) is 2.67. The largest absolute Gasteiger partial charge is 0.477 e. The van der Waals surface area contributed by atoms with Crippen molar-refractivity contribution in [1.82, 2.24) is 9.78 Å². The molecule has 0 atom stereocenters. The fourth-order valence-corrected chi connectivity index (χ4v) is 2.12. The molecule has 0 aliphatic carbocycles. The van der Waals surface area contributed by atoms with Gasteiger partial charge in [0.25, 0.3) is 0 Å². The molecule has 0 bridgehead atoms. The second-order valence-electron chi connectivity index (χ2n) is 4.69. The smallest absolute Gasteiger partial charge is 0.343 e. The van der Waals surface area contributed by atoms with Gasteiger partial charge in [-0.15, -0.1) is 0 Å². The number of rotatable bonds is 5. The molecule has 0 saturated carbocycles. The van der Waals surface area contributed by atoms with Crippen molar-refractivity contribution in [3.8, 4) is 11.6 Å². The summed E-state index contributed by atoms with van der Waals surface area (Å²) in [4.78, 5) is 11.3. The monoisotopic (exact) mass is 274 g/mol. The zero-order chi connectivity index (χ0) is 14.7. The van der Waals surface area contributed by atoms with Crippen LogP contribution in [0.2, 0.25) is 0 Å². The van der Waals surface area contributed by atoms with Gasteiger partial charge in [-0.2, -0.15) is 5.10 Å². The lowest BCUT2D eigenvalue weighted by Gasteiger charge is -2.07. The van der Waals surface area contributed by atoms with Gasteiger partial charge >= 0.3 is 5.97 Å². The summed E-state index contributed by atoms with van der Waals surface area (Å²) in [5, 5.41) is 13.3. The lowest BCUT2D eigenvalue weighted by Crippen LogP contribution is -2.02. The van der Waals surface area contributed by atoms with E-state index >= 15 is 0 Å². The number of aryl methyl sites for hydroxylation is 3. The van der Waals surface area contributed by atoms with Crippen LogP contribution in [0.3, 0.4) is 0 Å². The standard InChI is InChI=1S/C15H18N2O3/c1-4-5-11-6-8-12(9-7-11)20-14-13(15(18)19)10(2)16-17(14)3/h6-9H,4-5H2,1-3H3,(H,18,19). The van der Waals surface area contributed by atoms with Gasteiger partial charge in [0.1, 0.15) is 11.3 Å². The van der Waals surface area contributed by atoms with Crippen molar-refractivity contribution in [3.05, 3.63) is 41.1 Å². The summed E-state index contributed by atoms with van der Waals surface area (Å²) in [7, 11) is 1.67. The molecule has 1 heterocycles. The number of carboxylic acids is 1. The summed E-state index contributed by atoms with van der Waals surface area (Å²) in [6.07, 6.45) is 2.11. The van der Waals surface area contributed by atoms with Gasteiger partial charge in [0.15, 0.2) is 0 Å². The van der Waals surface area contributed by atoms with Crippen LogP contribution < -0.4 is 4.74 Å². The Morgan fingerprint density at radius 1 is 1.35 bits per heavy atom. The molecule has 5 heteroatoms. The van der Waals surface area contributed by atoms with Crippen molar-refractivity contribution in [2.45, 2.75) is 26.7 Å². The molecule has 1 aromatic heterocycles. The summed E-state index contributed by atoms with van der Waals surface area (Å²) < 4.78 is 7.12. The van der Waals surface area contributed by atoms with E-state index in [1.165, 1.54) is 10.2 Å². The molecule has 0 unspecified atom stereocenters. The van der Waals surface area contributed by atoms with Gasteiger partial charge < -0.3 is 9.84 Å². The average molecular weight is 274 g/mol. The van der Waals surface area contributed by atoms with Crippen molar-refractivity contribution in [3.63, 3.8) is 0 Å². The minimum Gasteiger partial charge on any atom is -0.477 e. The molecule has 2 rings (SSSR count). The zero-order valence-corrected chi connectivity index (χ0v) is 11.9. The van der Waals surface area contributed by atoms with Crippen LogP contribution in [-0.2, 0) is 13.5 Å². The van der Waals surface area contributed by atoms with Crippen LogP contribution in [0.4, 0.5) is 0 Å². The molecule has 0 aliphatic rings. The van der Waals surface area contributed by atoms with Gasteiger partial charge in [-0.05, 0) is 31.0 Å². The lowest BCUT2D eigenvalue weighted by atomic mass is 10.1. The van der Waals surface area contributed by atoms with Crippen LogP contribution in [0, 0.1) is 6.92 Å². The number of hydrogen-bond donors (Lipinski definition) is 1. The molecule has 0 fully saturated rings. The first-order chi connectivity index (χ1) is 9.52. The SMILES string of the molecule is CCCc1ccc(Oc2c(C(=O)O)c(C)nn2C)cc1. The number of aromatic nitrogens is 2. The number of benzene rings is 1. The first-order valence-corrected chi connectivity index (χ1v) is 6.56. The Hall–Kier alpha value is -2.30. The molecule has 106 valence electrons. The van der Waals surface area contributed by atoms with E-state index in [-0.39, 0.29) is 11.4 Å². The molecule has 0 saturated heterocycles. The lowest BCUT2D eigenvalue weighted by molar-refractivity contribution is 0.0693. The highest BCUT2D eigenvalue weighted by molar-refractivity contribution is 5.91. The van der Waals surface area contributed by atoms with Crippen molar-refractivity contribution in [2.24, 2.45) is 7.05 Å². The predicted octanol–water partition coefficient (Wildman–Crippen LogP) is 3.17. The molecule has 2 aromatic rings. The summed E-state index contributed by atoms with van der Waals surface area (Å²) in [5.41, 5.74) is 1.78. The molecule has 0 amide bonds. The molecule has 0 radical (unpaired) electrons. The van der Waals surface area contributed by atoms with Gasteiger partial charge in [0.2, 0.25) is 5.88 Å². The van der Waals surface area contributed by atoms with Crippen molar-refractivity contribution in [1.29, 1.82) is 0 Å². The van der Waals surface area contributed by atoms with Crippen molar-refractivity contribution in [2.75, 3.05) is 0 Å². The van der Waals surface area contributed by atoms with E-state index in [9.17, 15) is 9.90 Å². The number of aromatic carboxylic acids is 1. The van der Waals surface area contributed by atoms with Crippen LogP contribution in [0.15, 0.2) is 24.3 Å². The second-order valence-corrected chi connectivity index (χ2v) is 4.69. The number of nitrogens with zero attached hydrogens (tertiary/aromatic N) is 2. The Kier molecular flexibility index (Phi) is 4.08. The van der Waals surface area contributed by atoms with E-state index < -0.39 is 5.97 Å². The van der Waals surface area contributed by atoms with E-state index in [0.717, 1.165) is 12.8 Å². The van der Waals surface area contributed by atoms with Gasteiger partial charge in [0, 0.05) is 7.05 Å². The fraction of sp³-hybridized carbons (Fsp3) is 0.333. The van der Waals surface area contributed by atoms with Gasteiger partial charge in [-0.3, -0.25) is 0 Å². The van der Waals surface area contributed by atoms with Crippen LogP contribution in [0.5, 0.6) is 11.6 Å². The minimum atomic E-state index is -1.03. The molecule has 5 nitrogen and oxygen atoms in total. The Morgan fingerprint density at radius 2 is 2.00 bits per heavy atom. The van der Waals surface area contributed by atoms with Gasteiger partial charge in [-0.1, -0.05) is 25.5 Å². The molecule has 1 N–H and O–H groups in total. The van der Waals surface area contributed by atoms with Crippen LogP contribution in [-0.4, -0.2) is 20.9 Å². The maximum Gasteiger partial charge on any atom is 0.343 e. The number of hydrogen-bond acceptors (Lipinski definition) is 3. The third-order valence-corrected chi connectivity index (χ3v) is 3.06. The van der Waals surface area contributed by atoms with E-state index in [1.807, 2.05) is 24.3 Å². The fourth-order valence-electron chi connectivity index (χ4n) is 2.12. The third-order valence-electron chi connectivity index (χ3n) is 3.06. The highest BCUT2D eigenvalue weighted by Crippen LogP contribution is 2.27. The molecule has 0 spiro atoms. The van der Waals surface area contributed by atoms with Crippen LogP contribution in [0.25, 0.3) is 0 Å². The summed E-state index contributed by atoms with van der Waals surface area (Å²) in [6.45, 7) is 3.78. The zero-order valence-electron chi connectivity index (χ0n) is 11.9. The molecule has 20 heavy (non-hydrogen) atoms. The Labute approximate surface area is 117 Å². The maximum absolute atomic E-state index is 11.3. The highest BCUT2D eigenvalue weighted by Gasteiger charge is 2.21. The molecular formula is C15H18N2O3. The molecule has 1 aromatic carbocycles. The number of carbonyl (C=O) groups is 1. The normalized spacial score (nSPS) is 10.6. The quantitative estimate of drug-likeness (QED) is 0.909. The Balaban J connectivity index is 2.28. The van der Waals surface area contributed by atoms with E-state index in [4.69, 9.17) is 4.74 Å². The first-order valence-electron chi connectivity index (χ1n) is 6.56. The van der Waals surface area contributed by atoms with Crippen molar-refractivity contribution >= 4 is 5.97 Å². The third kappa shape index (κ3) is 2.82. The summed E-state index contributed by atoms with van der Waals surface area (Å²) >= 11 is 0. The predicted molar refractivity (Wildman–Crippen MR) is 75.4 cm³/mol. The molecule has 0 aliphatic heterocycles. The summed E-state index contributed by atoms with van der Waals surface area (Å²) in [5.74, 6) is -0.179. The van der Waals surface area contributed by atoms with Crippen molar-refractivity contribution < 1.29 is 14.6 Å². The van der Waals surface area contributed by atoms with E-state index in [1.54, 1.807) is 14.0 Å². The van der Waals surface area contributed by atoms with Crippen LogP contribution >= 0.6 is 0 Å². The Morgan fingerprint density at radius 3 is 2.55 bits per heavy atom. The van der Waals surface area contributed by atoms with E-state index in [2.05, 4.69) is 12.0 Å². The number of ether oxygens (including phenoxy) is 1. The second kappa shape index (κ2) is 5.77. The minimum absolute atomic E-state index is 0.102. The maximum atomic E-state index is 11.3.